The van der Waals surface area contributed by atoms with E-state index in [0.717, 1.165) is 18.5 Å². The SMILES string of the molecule is CC(=O)Nc1ccc(N/C=C(/C#N)C(=O)N2CCC(C)CC2)cc1. The van der Waals surface area contributed by atoms with E-state index in [0.29, 0.717) is 24.7 Å². The summed E-state index contributed by atoms with van der Waals surface area (Å²) in [6.07, 6.45) is 3.39. The molecule has 1 aliphatic heterocycles. The smallest absolute Gasteiger partial charge is 0.266 e. The maximum absolute atomic E-state index is 12.4. The number of anilines is 2. The quantitative estimate of drug-likeness (QED) is 0.658. The largest absolute Gasteiger partial charge is 0.360 e. The fraction of sp³-hybridized carbons (Fsp3) is 0.389. The van der Waals surface area contributed by atoms with E-state index in [4.69, 9.17) is 0 Å². The third kappa shape index (κ3) is 4.85. The van der Waals surface area contributed by atoms with Crippen LogP contribution in [0, 0.1) is 17.2 Å². The van der Waals surface area contributed by atoms with Crippen molar-refractivity contribution < 1.29 is 9.59 Å². The molecule has 0 unspecified atom stereocenters. The second kappa shape index (κ2) is 8.16. The van der Waals surface area contributed by atoms with Crippen LogP contribution in [0.15, 0.2) is 36.0 Å². The number of piperidine rings is 1. The van der Waals surface area contributed by atoms with Crippen molar-refractivity contribution in [2.24, 2.45) is 5.92 Å². The van der Waals surface area contributed by atoms with Crippen molar-refractivity contribution in [3.63, 3.8) is 0 Å². The van der Waals surface area contributed by atoms with Gasteiger partial charge in [-0.25, -0.2) is 0 Å². The van der Waals surface area contributed by atoms with Crippen molar-refractivity contribution in [1.82, 2.24) is 4.90 Å². The van der Waals surface area contributed by atoms with E-state index in [9.17, 15) is 14.9 Å². The second-order valence-corrected chi connectivity index (χ2v) is 6.05. The molecule has 0 spiro atoms. The molecule has 1 fully saturated rings. The second-order valence-electron chi connectivity index (χ2n) is 6.05. The highest BCUT2D eigenvalue weighted by atomic mass is 16.2. The maximum Gasteiger partial charge on any atom is 0.266 e. The number of amides is 2. The van der Waals surface area contributed by atoms with Crippen molar-refractivity contribution in [2.45, 2.75) is 26.7 Å². The average Bonchev–Trinajstić information content (AvgIpc) is 2.57. The van der Waals surface area contributed by atoms with Crippen LogP contribution in [0.2, 0.25) is 0 Å². The molecule has 126 valence electrons. The fourth-order valence-electron chi connectivity index (χ4n) is 2.53. The highest BCUT2D eigenvalue weighted by Gasteiger charge is 2.22. The Morgan fingerprint density at radius 3 is 2.33 bits per heavy atom. The summed E-state index contributed by atoms with van der Waals surface area (Å²) in [6, 6.07) is 9.00. The summed E-state index contributed by atoms with van der Waals surface area (Å²) < 4.78 is 0. The highest BCUT2D eigenvalue weighted by molar-refractivity contribution is 5.97. The lowest BCUT2D eigenvalue weighted by atomic mass is 9.99. The van der Waals surface area contributed by atoms with Gasteiger partial charge in [0.15, 0.2) is 0 Å². The molecule has 1 aliphatic rings. The van der Waals surface area contributed by atoms with Gasteiger partial charge in [0.25, 0.3) is 5.91 Å². The van der Waals surface area contributed by atoms with Gasteiger partial charge in [-0.2, -0.15) is 5.26 Å². The molecule has 1 saturated heterocycles. The van der Waals surface area contributed by atoms with Gasteiger partial charge in [0.1, 0.15) is 11.6 Å². The Hall–Kier alpha value is -2.81. The van der Waals surface area contributed by atoms with Crippen molar-refractivity contribution in [2.75, 3.05) is 23.7 Å². The predicted molar refractivity (Wildman–Crippen MR) is 93.0 cm³/mol. The molecule has 0 atom stereocenters. The van der Waals surface area contributed by atoms with Crippen LogP contribution in [-0.2, 0) is 9.59 Å². The minimum absolute atomic E-state index is 0.0930. The Kier molecular flexibility index (Phi) is 5.96. The first kappa shape index (κ1) is 17.5. The summed E-state index contributed by atoms with van der Waals surface area (Å²) in [7, 11) is 0. The Balaban J connectivity index is 1.99. The van der Waals surface area contributed by atoms with Gasteiger partial charge < -0.3 is 15.5 Å². The maximum atomic E-state index is 12.4. The normalized spacial score (nSPS) is 15.5. The number of nitrogens with zero attached hydrogens (tertiary/aromatic N) is 2. The van der Waals surface area contributed by atoms with Crippen molar-refractivity contribution in [1.29, 1.82) is 5.26 Å². The third-order valence-corrected chi connectivity index (χ3v) is 4.01. The molecule has 2 N–H and O–H groups in total. The van der Waals surface area contributed by atoms with Gasteiger partial charge in [-0.05, 0) is 43.0 Å². The Bertz CT molecular complexity index is 665. The first-order valence-corrected chi connectivity index (χ1v) is 8.03. The van der Waals surface area contributed by atoms with Crippen molar-refractivity contribution >= 4 is 23.2 Å². The molecular weight excluding hydrogens is 304 g/mol. The van der Waals surface area contributed by atoms with Crippen LogP contribution in [-0.4, -0.2) is 29.8 Å². The molecule has 2 amide bonds. The molecule has 0 aliphatic carbocycles. The Morgan fingerprint density at radius 1 is 1.21 bits per heavy atom. The number of hydrogen-bond donors (Lipinski definition) is 2. The first-order chi connectivity index (χ1) is 11.5. The summed E-state index contributed by atoms with van der Waals surface area (Å²) >= 11 is 0. The molecule has 6 nitrogen and oxygen atoms in total. The van der Waals surface area contributed by atoms with E-state index in [-0.39, 0.29) is 17.4 Å². The summed E-state index contributed by atoms with van der Waals surface area (Å²) in [4.78, 5) is 25.1. The molecule has 1 heterocycles. The van der Waals surface area contributed by atoms with Crippen LogP contribution in [0.4, 0.5) is 11.4 Å². The Morgan fingerprint density at radius 2 is 1.79 bits per heavy atom. The fourth-order valence-corrected chi connectivity index (χ4v) is 2.53. The van der Waals surface area contributed by atoms with E-state index >= 15 is 0 Å². The number of carbonyl (C=O) groups excluding carboxylic acids is 2. The zero-order valence-electron chi connectivity index (χ0n) is 14.0. The third-order valence-electron chi connectivity index (χ3n) is 4.01. The zero-order chi connectivity index (χ0) is 17.5. The number of hydrogen-bond acceptors (Lipinski definition) is 4. The van der Waals surface area contributed by atoms with Crippen LogP contribution in [0.5, 0.6) is 0 Å². The molecule has 6 heteroatoms. The number of carbonyl (C=O) groups is 2. The molecule has 0 radical (unpaired) electrons. The van der Waals surface area contributed by atoms with Gasteiger partial charge in [-0.3, -0.25) is 9.59 Å². The first-order valence-electron chi connectivity index (χ1n) is 8.03. The molecule has 1 aromatic carbocycles. The van der Waals surface area contributed by atoms with Crippen molar-refractivity contribution in [3.8, 4) is 6.07 Å². The lowest BCUT2D eigenvalue weighted by Gasteiger charge is -2.30. The molecule has 0 bridgehead atoms. The van der Waals surface area contributed by atoms with Crippen LogP contribution in [0.1, 0.15) is 26.7 Å². The van der Waals surface area contributed by atoms with Crippen LogP contribution in [0.3, 0.4) is 0 Å². The van der Waals surface area contributed by atoms with E-state index in [1.807, 2.05) is 6.07 Å². The minimum atomic E-state index is -0.230. The summed E-state index contributed by atoms with van der Waals surface area (Å²) in [5.74, 6) is 0.263. The van der Waals surface area contributed by atoms with Crippen LogP contribution < -0.4 is 10.6 Å². The van der Waals surface area contributed by atoms with Crippen LogP contribution >= 0.6 is 0 Å². The summed E-state index contributed by atoms with van der Waals surface area (Å²) in [5.41, 5.74) is 1.52. The highest BCUT2D eigenvalue weighted by Crippen LogP contribution is 2.18. The topological polar surface area (TPSA) is 85.2 Å². The minimum Gasteiger partial charge on any atom is -0.360 e. The van der Waals surface area contributed by atoms with Gasteiger partial charge in [0.05, 0.1) is 0 Å². The molecule has 0 saturated carbocycles. The standard InChI is InChI=1S/C18H22N4O2/c1-13-7-9-22(10-8-13)18(24)15(11-19)12-20-16-3-5-17(6-4-16)21-14(2)23/h3-6,12-13,20H,7-10H2,1-2H3,(H,21,23)/b15-12-. The molecule has 24 heavy (non-hydrogen) atoms. The van der Waals surface area contributed by atoms with E-state index < -0.39 is 0 Å². The Labute approximate surface area is 142 Å². The van der Waals surface area contributed by atoms with E-state index in [1.54, 1.807) is 29.2 Å². The van der Waals surface area contributed by atoms with Crippen LogP contribution in [0.25, 0.3) is 0 Å². The number of likely N-dealkylation sites (tertiary alicyclic amines) is 1. The molecular formula is C18H22N4O2. The van der Waals surface area contributed by atoms with E-state index in [2.05, 4.69) is 17.6 Å². The lowest BCUT2D eigenvalue weighted by molar-refractivity contribution is -0.128. The van der Waals surface area contributed by atoms with Gasteiger partial charge in [0.2, 0.25) is 5.91 Å². The molecule has 1 aromatic rings. The van der Waals surface area contributed by atoms with Gasteiger partial charge >= 0.3 is 0 Å². The number of nitriles is 1. The molecule has 2 rings (SSSR count). The zero-order valence-corrected chi connectivity index (χ0v) is 14.0. The molecule has 0 aromatic heterocycles. The van der Waals surface area contributed by atoms with E-state index in [1.165, 1.54) is 13.1 Å². The van der Waals surface area contributed by atoms with Gasteiger partial charge in [-0.15, -0.1) is 0 Å². The van der Waals surface area contributed by atoms with Gasteiger partial charge in [0, 0.05) is 37.6 Å². The number of benzene rings is 1. The monoisotopic (exact) mass is 326 g/mol. The predicted octanol–water partition coefficient (Wildman–Crippen LogP) is 2.72. The summed E-state index contributed by atoms with van der Waals surface area (Å²) in [6.45, 7) is 5.02. The van der Waals surface area contributed by atoms with Crippen molar-refractivity contribution in [3.05, 3.63) is 36.0 Å². The summed E-state index contributed by atoms with van der Waals surface area (Å²) in [5, 5.41) is 14.9. The number of nitrogens with one attached hydrogen (secondary N) is 2. The lowest BCUT2D eigenvalue weighted by Crippen LogP contribution is -2.38. The number of rotatable bonds is 4. The van der Waals surface area contributed by atoms with Gasteiger partial charge in [-0.1, -0.05) is 6.92 Å². The average molecular weight is 326 g/mol.